The van der Waals surface area contributed by atoms with Gasteiger partial charge in [-0.1, -0.05) is 11.4 Å². The van der Waals surface area contributed by atoms with Crippen LogP contribution in [0.15, 0.2) is 35.8 Å². The number of aromatic nitrogens is 1. The second-order valence-corrected chi connectivity index (χ2v) is 5.09. The highest BCUT2D eigenvalue weighted by Gasteiger charge is 2.35. The van der Waals surface area contributed by atoms with Crippen molar-refractivity contribution in [3.63, 3.8) is 0 Å². The van der Waals surface area contributed by atoms with Gasteiger partial charge in [0.2, 0.25) is 0 Å². The van der Waals surface area contributed by atoms with Crippen LogP contribution in [0, 0.1) is 17.2 Å². The van der Waals surface area contributed by atoms with E-state index in [1.165, 1.54) is 6.92 Å². The highest BCUT2D eigenvalue weighted by atomic mass is 32.1. The van der Waals surface area contributed by atoms with Gasteiger partial charge in [-0.05, 0) is 25.5 Å². The first kappa shape index (κ1) is 13.6. The molecular formula is C14H14N3OS-. The summed E-state index contributed by atoms with van der Waals surface area (Å²) in [6.07, 6.45) is 3.36. The Hall–Kier alpha value is -1.80. The van der Waals surface area contributed by atoms with Crippen molar-refractivity contribution >= 4 is 18.4 Å². The zero-order chi connectivity index (χ0) is 14.0. The summed E-state index contributed by atoms with van der Waals surface area (Å²) in [4.78, 5) is 16.0. The number of pyridine rings is 1. The molecule has 0 bridgehead atoms. The first-order chi connectivity index (χ1) is 9.06. The minimum absolute atomic E-state index is 0.0407. The molecule has 0 radical (unpaired) electrons. The number of rotatable bonds is 2. The molecule has 0 saturated carbocycles. The van der Waals surface area contributed by atoms with Crippen molar-refractivity contribution < 1.29 is 4.79 Å². The molecule has 1 aliphatic rings. The Labute approximate surface area is 117 Å². The van der Waals surface area contributed by atoms with E-state index in [1.54, 1.807) is 18.5 Å². The average Bonchev–Trinajstić information content (AvgIpc) is 2.38. The van der Waals surface area contributed by atoms with Crippen LogP contribution in [-0.2, 0) is 17.4 Å². The molecule has 0 aliphatic carbocycles. The summed E-state index contributed by atoms with van der Waals surface area (Å²) in [7, 11) is 0. The zero-order valence-corrected chi connectivity index (χ0v) is 11.6. The quantitative estimate of drug-likeness (QED) is 0.829. The van der Waals surface area contributed by atoms with Crippen molar-refractivity contribution in [2.24, 2.45) is 5.92 Å². The van der Waals surface area contributed by atoms with Crippen molar-refractivity contribution in [1.29, 1.82) is 5.26 Å². The Bertz CT molecular complexity index is 562. The topological polar surface area (TPSA) is 65.8 Å². The van der Waals surface area contributed by atoms with E-state index in [2.05, 4.69) is 16.4 Å². The van der Waals surface area contributed by atoms with Crippen LogP contribution in [-0.4, -0.2) is 16.1 Å². The van der Waals surface area contributed by atoms with Crippen LogP contribution >= 0.6 is 0 Å². The maximum absolute atomic E-state index is 11.9. The Morgan fingerprint density at radius 1 is 1.58 bits per heavy atom. The van der Waals surface area contributed by atoms with Crippen LogP contribution in [0.1, 0.15) is 25.3 Å². The molecule has 1 aromatic heterocycles. The zero-order valence-electron chi connectivity index (χ0n) is 10.8. The average molecular weight is 272 g/mol. The minimum atomic E-state index is -0.457. The van der Waals surface area contributed by atoms with Crippen molar-refractivity contribution in [3.05, 3.63) is 41.4 Å². The normalized spacial score (nSPS) is 26.5. The lowest BCUT2D eigenvalue weighted by molar-refractivity contribution is -0.114. The third-order valence-corrected chi connectivity index (χ3v) is 3.74. The number of ketones is 1. The van der Waals surface area contributed by atoms with E-state index >= 15 is 0 Å². The van der Waals surface area contributed by atoms with Crippen LogP contribution in [0.25, 0.3) is 0 Å². The number of nitrogens with one attached hydrogen (secondary N) is 1. The monoisotopic (exact) mass is 272 g/mol. The fourth-order valence-corrected chi connectivity index (χ4v) is 2.92. The molecule has 19 heavy (non-hydrogen) atoms. The SMILES string of the molecule is CC(=O)C1=C(C)NC([S-])C(C#N)C1c1cccnc1. The van der Waals surface area contributed by atoms with Gasteiger partial charge in [0.15, 0.2) is 5.78 Å². The molecule has 0 saturated heterocycles. The molecular weight excluding hydrogens is 258 g/mol. The Morgan fingerprint density at radius 2 is 2.32 bits per heavy atom. The van der Waals surface area contributed by atoms with Crippen LogP contribution in [0.4, 0.5) is 0 Å². The number of allylic oxidation sites excluding steroid dienone is 2. The van der Waals surface area contributed by atoms with E-state index in [9.17, 15) is 10.1 Å². The highest BCUT2D eigenvalue weighted by molar-refractivity contribution is 7.59. The summed E-state index contributed by atoms with van der Waals surface area (Å²) in [6, 6.07) is 5.91. The number of carbonyl (C=O) groups is 1. The van der Waals surface area contributed by atoms with Gasteiger partial charge in [0, 0.05) is 29.6 Å². The predicted molar refractivity (Wildman–Crippen MR) is 73.8 cm³/mol. The summed E-state index contributed by atoms with van der Waals surface area (Å²) < 4.78 is 0. The van der Waals surface area contributed by atoms with Crippen molar-refractivity contribution in [1.82, 2.24) is 10.3 Å². The summed E-state index contributed by atoms with van der Waals surface area (Å²) in [5.74, 6) is -0.803. The van der Waals surface area contributed by atoms with Crippen molar-refractivity contribution in [3.8, 4) is 6.07 Å². The first-order valence-corrected chi connectivity index (χ1v) is 6.47. The maximum Gasteiger partial charge on any atom is 0.158 e. The van der Waals surface area contributed by atoms with Gasteiger partial charge in [-0.15, -0.1) is 0 Å². The summed E-state index contributed by atoms with van der Waals surface area (Å²) in [5.41, 5.74) is 2.24. The van der Waals surface area contributed by atoms with Crippen LogP contribution < -0.4 is 5.32 Å². The number of nitriles is 1. The molecule has 0 fully saturated rings. The summed E-state index contributed by atoms with van der Waals surface area (Å²) in [6.45, 7) is 3.34. The number of Topliss-reactive ketones (excluding diaryl/α,β-unsaturated/α-hetero) is 1. The standard InChI is InChI=1S/C14H15N3OS/c1-8-12(9(2)18)13(10-4-3-5-16-7-10)11(6-15)14(19)17-8/h3-5,7,11,13-14,17,19H,1-2H3/p-1. The molecule has 3 atom stereocenters. The molecule has 4 nitrogen and oxygen atoms in total. The van der Waals surface area contributed by atoms with E-state index in [0.29, 0.717) is 5.57 Å². The summed E-state index contributed by atoms with van der Waals surface area (Å²) in [5, 5.41) is 12.0. The van der Waals surface area contributed by atoms with E-state index < -0.39 is 11.3 Å². The van der Waals surface area contributed by atoms with Crippen LogP contribution in [0.5, 0.6) is 0 Å². The van der Waals surface area contributed by atoms with Gasteiger partial charge in [0.1, 0.15) is 0 Å². The molecule has 2 heterocycles. The van der Waals surface area contributed by atoms with Gasteiger partial charge in [0.25, 0.3) is 0 Å². The van der Waals surface area contributed by atoms with Crippen LogP contribution in [0.3, 0.4) is 0 Å². The molecule has 0 aromatic carbocycles. The Morgan fingerprint density at radius 3 is 2.84 bits per heavy atom. The van der Waals surface area contributed by atoms with Gasteiger partial charge >= 0.3 is 0 Å². The number of nitrogens with zero attached hydrogens (tertiary/aromatic N) is 2. The third-order valence-electron chi connectivity index (χ3n) is 3.33. The fourth-order valence-electron chi connectivity index (χ4n) is 2.53. The molecule has 1 aromatic rings. The molecule has 1 N–H and O–H groups in total. The molecule has 98 valence electrons. The van der Waals surface area contributed by atoms with Crippen LogP contribution in [0.2, 0.25) is 0 Å². The van der Waals surface area contributed by atoms with E-state index in [0.717, 1.165) is 11.3 Å². The molecule has 0 amide bonds. The lowest BCUT2D eigenvalue weighted by Gasteiger charge is -2.41. The smallest absolute Gasteiger partial charge is 0.158 e. The van der Waals surface area contributed by atoms with Gasteiger partial charge in [-0.3, -0.25) is 9.78 Å². The lowest BCUT2D eigenvalue weighted by atomic mass is 9.77. The second kappa shape index (κ2) is 5.45. The Balaban J connectivity index is 2.59. The summed E-state index contributed by atoms with van der Waals surface area (Å²) >= 11 is 5.30. The minimum Gasteiger partial charge on any atom is -0.767 e. The van der Waals surface area contributed by atoms with Gasteiger partial charge < -0.3 is 17.9 Å². The number of hydrogen-bond donors (Lipinski definition) is 1. The van der Waals surface area contributed by atoms with E-state index in [1.807, 2.05) is 13.0 Å². The van der Waals surface area contributed by atoms with Gasteiger partial charge in [-0.2, -0.15) is 5.26 Å². The molecule has 1 aliphatic heterocycles. The number of hydrogen-bond acceptors (Lipinski definition) is 5. The van der Waals surface area contributed by atoms with Gasteiger partial charge in [-0.25, -0.2) is 0 Å². The molecule has 2 rings (SSSR count). The predicted octanol–water partition coefficient (Wildman–Crippen LogP) is 1.64. The highest BCUT2D eigenvalue weighted by Crippen LogP contribution is 2.38. The molecule has 5 heteroatoms. The largest absolute Gasteiger partial charge is 0.767 e. The fraction of sp³-hybridized carbons (Fsp3) is 0.357. The van der Waals surface area contributed by atoms with Crippen molar-refractivity contribution in [2.45, 2.75) is 25.1 Å². The van der Waals surface area contributed by atoms with Crippen molar-refractivity contribution in [2.75, 3.05) is 0 Å². The maximum atomic E-state index is 11.9. The van der Waals surface area contributed by atoms with Gasteiger partial charge in [0.05, 0.1) is 12.0 Å². The second-order valence-electron chi connectivity index (χ2n) is 4.58. The first-order valence-electron chi connectivity index (χ1n) is 6.00. The molecule has 0 spiro atoms. The third kappa shape index (κ3) is 2.49. The number of carbonyl (C=O) groups excluding carboxylic acids is 1. The van der Waals surface area contributed by atoms with E-state index in [-0.39, 0.29) is 11.7 Å². The van der Waals surface area contributed by atoms with E-state index in [4.69, 9.17) is 12.6 Å². The lowest BCUT2D eigenvalue weighted by Crippen LogP contribution is -2.43. The Kier molecular flexibility index (Phi) is 3.91. The molecule has 3 unspecified atom stereocenters.